The van der Waals surface area contributed by atoms with E-state index in [9.17, 15) is 9.90 Å². The summed E-state index contributed by atoms with van der Waals surface area (Å²) in [6.45, 7) is 11.8. The first kappa shape index (κ1) is 23.8. The fraction of sp³-hybridized carbons (Fsp3) is 0.400. The number of fused-ring (bicyclic) bond motifs is 1. The lowest BCUT2D eigenvalue weighted by Gasteiger charge is -2.28. The van der Waals surface area contributed by atoms with Gasteiger partial charge in [-0.1, -0.05) is 23.7 Å². The molecule has 2 heterocycles. The number of halogens is 1. The molecule has 0 aliphatic heterocycles. The summed E-state index contributed by atoms with van der Waals surface area (Å²) < 4.78 is 8.06. The van der Waals surface area contributed by atoms with Crippen molar-refractivity contribution in [3.05, 3.63) is 51.8 Å². The molecule has 1 atom stereocenters. The molecular weight excluding hydrogens is 426 g/mol. The van der Waals surface area contributed by atoms with Gasteiger partial charge in [0.2, 0.25) is 0 Å². The summed E-state index contributed by atoms with van der Waals surface area (Å²) in [7, 11) is 0. The quantitative estimate of drug-likeness (QED) is 0.484. The average Bonchev–Trinajstić information content (AvgIpc) is 2.93. The van der Waals surface area contributed by atoms with Crippen molar-refractivity contribution < 1.29 is 14.6 Å². The molecule has 6 nitrogen and oxygen atoms in total. The zero-order valence-corrected chi connectivity index (χ0v) is 20.0. The Morgan fingerprint density at radius 2 is 1.88 bits per heavy atom. The zero-order valence-electron chi connectivity index (χ0n) is 19.3. The van der Waals surface area contributed by atoms with Gasteiger partial charge in [-0.05, 0) is 64.8 Å². The third-order valence-corrected chi connectivity index (χ3v) is 5.77. The van der Waals surface area contributed by atoms with Crippen LogP contribution in [0.4, 0.5) is 0 Å². The highest BCUT2D eigenvalue weighted by atomic mass is 35.5. The number of nitrogens with zero attached hydrogens (tertiary/aromatic N) is 3. The highest BCUT2D eigenvalue weighted by molar-refractivity contribution is 6.30. The first-order valence-electron chi connectivity index (χ1n) is 10.5. The number of carboxylic acids is 1. The number of rotatable bonds is 6. The van der Waals surface area contributed by atoms with Crippen LogP contribution in [-0.2, 0) is 16.1 Å². The van der Waals surface area contributed by atoms with E-state index >= 15 is 0 Å². The van der Waals surface area contributed by atoms with E-state index < -0.39 is 17.7 Å². The lowest BCUT2D eigenvalue weighted by Crippen LogP contribution is -2.28. The Bertz CT molecular complexity index is 1210. The maximum atomic E-state index is 12.4. The predicted octanol–water partition coefficient (Wildman–Crippen LogP) is 6.14. The first-order chi connectivity index (χ1) is 15.0. The van der Waals surface area contributed by atoms with Crippen LogP contribution in [0.3, 0.4) is 0 Å². The van der Waals surface area contributed by atoms with Crippen LogP contribution in [-0.4, -0.2) is 26.2 Å². The van der Waals surface area contributed by atoms with Gasteiger partial charge in [0.25, 0.3) is 0 Å². The van der Waals surface area contributed by atoms with E-state index in [0.29, 0.717) is 29.2 Å². The molecule has 1 N–H and O–H groups in total. The van der Waals surface area contributed by atoms with Crippen molar-refractivity contribution in [1.82, 2.24) is 9.55 Å². The number of benzene rings is 1. The number of nitriles is 1. The van der Waals surface area contributed by atoms with Crippen LogP contribution >= 0.6 is 11.6 Å². The second kappa shape index (κ2) is 8.93. The van der Waals surface area contributed by atoms with Crippen LogP contribution in [0.25, 0.3) is 22.2 Å². The Morgan fingerprint density at radius 1 is 1.25 bits per heavy atom. The molecule has 7 heteroatoms. The molecule has 0 fully saturated rings. The van der Waals surface area contributed by atoms with Crippen molar-refractivity contribution in [3.63, 3.8) is 0 Å². The summed E-state index contributed by atoms with van der Waals surface area (Å²) in [6.07, 6.45) is -0.840. The summed E-state index contributed by atoms with van der Waals surface area (Å²) in [5.74, 6) is -1.07. The van der Waals surface area contributed by atoms with Crippen LogP contribution in [0, 0.1) is 32.1 Å². The lowest BCUT2D eigenvalue weighted by atomic mass is 9.91. The van der Waals surface area contributed by atoms with Crippen LogP contribution in [0.1, 0.15) is 55.8 Å². The van der Waals surface area contributed by atoms with Gasteiger partial charge >= 0.3 is 5.97 Å². The highest BCUT2D eigenvalue weighted by Crippen LogP contribution is 2.42. The SMILES string of the molecule is Cc1nc2c(c(C)c(C)n2CCC#N)c(-c2ccc(Cl)cc2)c1C(OC(C)(C)C)C(=O)O. The van der Waals surface area contributed by atoms with Gasteiger partial charge in [-0.25, -0.2) is 9.78 Å². The molecule has 2 aromatic heterocycles. The molecular formula is C25H28ClN3O3. The molecule has 32 heavy (non-hydrogen) atoms. The van der Waals surface area contributed by atoms with Crippen molar-refractivity contribution in [1.29, 1.82) is 5.26 Å². The third kappa shape index (κ3) is 4.50. The molecule has 3 rings (SSSR count). The molecule has 3 aromatic rings. The predicted molar refractivity (Wildman–Crippen MR) is 126 cm³/mol. The Balaban J connectivity index is 2.46. The van der Waals surface area contributed by atoms with Crippen molar-refractivity contribution in [2.75, 3.05) is 0 Å². The Hall–Kier alpha value is -2.88. The van der Waals surface area contributed by atoms with E-state index in [1.165, 1.54) is 0 Å². The number of hydrogen-bond donors (Lipinski definition) is 1. The third-order valence-electron chi connectivity index (χ3n) is 5.52. The molecule has 0 bridgehead atoms. The number of carboxylic acid groups (broad SMARTS) is 1. The second-order valence-electron chi connectivity index (χ2n) is 8.91. The Kier molecular flexibility index (Phi) is 6.64. The normalized spacial score (nSPS) is 12.7. The number of carbonyl (C=O) groups is 1. The van der Waals surface area contributed by atoms with Crippen molar-refractivity contribution in [2.45, 2.75) is 66.2 Å². The fourth-order valence-corrected chi connectivity index (χ4v) is 4.18. The minimum Gasteiger partial charge on any atom is -0.479 e. The molecule has 0 aliphatic carbocycles. The maximum absolute atomic E-state index is 12.4. The summed E-state index contributed by atoms with van der Waals surface area (Å²) in [5, 5.41) is 20.7. The van der Waals surface area contributed by atoms with E-state index in [0.717, 1.165) is 33.4 Å². The standard InChI is InChI=1S/C25H28ClN3O3/c1-14-16(3)29(13-7-12-27)23-19(14)21(17-8-10-18(26)11-9-17)20(15(2)28-23)22(24(30)31)32-25(4,5)6/h8-11,22H,7,13H2,1-6H3,(H,30,31). The first-order valence-corrected chi connectivity index (χ1v) is 10.9. The Morgan fingerprint density at radius 3 is 2.41 bits per heavy atom. The van der Waals surface area contributed by atoms with Gasteiger partial charge in [-0.2, -0.15) is 5.26 Å². The van der Waals surface area contributed by atoms with Crippen molar-refractivity contribution >= 4 is 28.6 Å². The van der Waals surface area contributed by atoms with E-state index in [2.05, 4.69) is 6.07 Å². The van der Waals surface area contributed by atoms with Gasteiger partial charge in [-0.3, -0.25) is 0 Å². The van der Waals surface area contributed by atoms with Gasteiger partial charge in [0, 0.05) is 39.5 Å². The molecule has 1 unspecified atom stereocenters. The molecule has 168 valence electrons. The Labute approximate surface area is 193 Å². The van der Waals surface area contributed by atoms with Crippen LogP contribution < -0.4 is 0 Å². The van der Waals surface area contributed by atoms with Gasteiger partial charge in [0.15, 0.2) is 6.10 Å². The second-order valence-corrected chi connectivity index (χ2v) is 9.35. The lowest BCUT2D eigenvalue weighted by molar-refractivity contribution is -0.160. The molecule has 1 aromatic carbocycles. The molecule has 0 saturated carbocycles. The van der Waals surface area contributed by atoms with Crippen molar-refractivity contribution in [2.24, 2.45) is 0 Å². The highest BCUT2D eigenvalue weighted by Gasteiger charge is 2.33. The topological polar surface area (TPSA) is 88.1 Å². The molecule has 0 amide bonds. The van der Waals surface area contributed by atoms with E-state index in [-0.39, 0.29) is 0 Å². The van der Waals surface area contributed by atoms with E-state index in [4.69, 9.17) is 26.6 Å². The fourth-order valence-electron chi connectivity index (χ4n) is 4.05. The molecule has 0 saturated heterocycles. The van der Waals surface area contributed by atoms with Crippen LogP contribution in [0.2, 0.25) is 5.02 Å². The largest absolute Gasteiger partial charge is 0.479 e. The monoisotopic (exact) mass is 453 g/mol. The van der Waals surface area contributed by atoms with E-state index in [1.807, 2.05) is 58.2 Å². The minimum absolute atomic E-state index is 0.355. The minimum atomic E-state index is -1.19. The van der Waals surface area contributed by atoms with Crippen molar-refractivity contribution in [3.8, 4) is 17.2 Å². The van der Waals surface area contributed by atoms with Gasteiger partial charge in [0.1, 0.15) is 5.65 Å². The molecule has 0 spiro atoms. The number of aliphatic carboxylic acids is 1. The molecule has 0 radical (unpaired) electrons. The number of hydrogen-bond acceptors (Lipinski definition) is 4. The number of pyridine rings is 1. The number of ether oxygens (including phenoxy) is 1. The smallest absolute Gasteiger partial charge is 0.337 e. The summed E-state index contributed by atoms with van der Waals surface area (Å²) in [5.41, 5.74) is 4.78. The maximum Gasteiger partial charge on any atom is 0.337 e. The van der Waals surface area contributed by atoms with Gasteiger partial charge < -0.3 is 14.4 Å². The van der Waals surface area contributed by atoms with Crippen LogP contribution in [0.5, 0.6) is 0 Å². The van der Waals surface area contributed by atoms with Crippen LogP contribution in [0.15, 0.2) is 24.3 Å². The molecule has 0 aliphatic rings. The van der Waals surface area contributed by atoms with E-state index in [1.54, 1.807) is 12.1 Å². The summed E-state index contributed by atoms with van der Waals surface area (Å²) >= 11 is 6.14. The summed E-state index contributed by atoms with van der Waals surface area (Å²) in [4.78, 5) is 17.2. The summed E-state index contributed by atoms with van der Waals surface area (Å²) in [6, 6.07) is 9.54. The zero-order chi connectivity index (χ0) is 23.8. The van der Waals surface area contributed by atoms with Gasteiger partial charge in [0.05, 0.1) is 18.1 Å². The number of aryl methyl sites for hydroxylation is 3. The average molecular weight is 454 g/mol. The number of aromatic nitrogens is 2. The van der Waals surface area contributed by atoms with Gasteiger partial charge in [-0.15, -0.1) is 0 Å².